The highest BCUT2D eigenvalue weighted by Crippen LogP contribution is 2.16. The highest BCUT2D eigenvalue weighted by molar-refractivity contribution is 7.79. The largest absolute Gasteiger partial charge is 0.466 e. The van der Waals surface area contributed by atoms with Crippen LogP contribution in [0.4, 0.5) is 0 Å². The first-order valence-electron chi connectivity index (χ1n) is 21.4. The van der Waals surface area contributed by atoms with Crippen LogP contribution in [0.3, 0.4) is 0 Å². The standard InChI is InChI=1S/C42H82O6S/c1-3-5-7-9-11-13-15-17-19-21-23-25-27-29-31-33-37-47-41(43)36-35-40(49(45)46)39-42(44)48-38-34-32-30-28-26-24-22-20-18-16-14-12-10-8-6-4-2/h40H,3-39H2,1-2H3,(H,45,46). The molecular weight excluding hydrogens is 633 g/mol. The molecule has 0 radical (unpaired) electrons. The number of ether oxygens (including phenoxy) is 2. The molecule has 6 nitrogen and oxygen atoms in total. The Morgan fingerprint density at radius 3 is 1.00 bits per heavy atom. The number of carbonyl (C=O) groups is 2. The van der Waals surface area contributed by atoms with Crippen LogP contribution in [0.1, 0.15) is 239 Å². The van der Waals surface area contributed by atoms with Crippen molar-refractivity contribution in [2.24, 2.45) is 0 Å². The van der Waals surface area contributed by atoms with Crippen molar-refractivity contribution in [1.82, 2.24) is 0 Å². The van der Waals surface area contributed by atoms with Crippen LogP contribution in [0.2, 0.25) is 0 Å². The Labute approximate surface area is 307 Å². The van der Waals surface area contributed by atoms with E-state index < -0.39 is 22.3 Å². The van der Waals surface area contributed by atoms with E-state index >= 15 is 0 Å². The van der Waals surface area contributed by atoms with Gasteiger partial charge in [-0.2, -0.15) is 0 Å². The molecular formula is C42H82O6S. The molecule has 0 aliphatic heterocycles. The van der Waals surface area contributed by atoms with Crippen molar-refractivity contribution < 1.29 is 27.8 Å². The molecule has 7 heteroatoms. The normalized spacial score (nSPS) is 12.6. The minimum absolute atomic E-state index is 0.0439. The fourth-order valence-electron chi connectivity index (χ4n) is 6.54. The van der Waals surface area contributed by atoms with Crippen molar-refractivity contribution in [3.8, 4) is 0 Å². The van der Waals surface area contributed by atoms with Gasteiger partial charge >= 0.3 is 11.9 Å². The summed E-state index contributed by atoms with van der Waals surface area (Å²) < 4.78 is 32.0. The van der Waals surface area contributed by atoms with Crippen LogP contribution in [0.5, 0.6) is 0 Å². The van der Waals surface area contributed by atoms with Gasteiger partial charge in [0.2, 0.25) is 0 Å². The van der Waals surface area contributed by atoms with E-state index in [4.69, 9.17) is 9.47 Å². The van der Waals surface area contributed by atoms with Gasteiger partial charge in [-0.25, -0.2) is 4.21 Å². The summed E-state index contributed by atoms with van der Waals surface area (Å²) in [5.41, 5.74) is 0. The Morgan fingerprint density at radius 2 is 0.714 bits per heavy atom. The summed E-state index contributed by atoms with van der Waals surface area (Å²) >= 11 is -2.19. The van der Waals surface area contributed by atoms with Gasteiger partial charge in [0.25, 0.3) is 0 Å². The number of carbonyl (C=O) groups excluding carboxylic acids is 2. The Kier molecular flexibility index (Phi) is 39.1. The number of unbranched alkanes of at least 4 members (excludes halogenated alkanes) is 30. The lowest BCUT2D eigenvalue weighted by Gasteiger charge is -2.12. The first-order valence-corrected chi connectivity index (χ1v) is 22.6. The molecule has 292 valence electrons. The highest BCUT2D eigenvalue weighted by Gasteiger charge is 2.22. The van der Waals surface area contributed by atoms with E-state index in [0.29, 0.717) is 13.2 Å². The number of rotatable bonds is 40. The maximum Gasteiger partial charge on any atom is 0.307 e. The fraction of sp³-hybridized carbons (Fsp3) is 0.952. The van der Waals surface area contributed by atoms with Crippen LogP contribution in [0.15, 0.2) is 0 Å². The summed E-state index contributed by atoms with van der Waals surface area (Å²) in [6, 6.07) is 0. The summed E-state index contributed by atoms with van der Waals surface area (Å²) in [5, 5.41) is -0.804. The third-order valence-electron chi connectivity index (χ3n) is 9.87. The first kappa shape index (κ1) is 48.0. The molecule has 2 atom stereocenters. The Morgan fingerprint density at radius 1 is 0.449 bits per heavy atom. The molecule has 0 aromatic heterocycles. The molecule has 0 fully saturated rings. The van der Waals surface area contributed by atoms with E-state index in [0.717, 1.165) is 32.1 Å². The third-order valence-corrected chi connectivity index (χ3v) is 10.8. The molecule has 0 aromatic carbocycles. The van der Waals surface area contributed by atoms with Gasteiger partial charge in [0.15, 0.2) is 11.1 Å². The lowest BCUT2D eigenvalue weighted by molar-refractivity contribution is -0.146. The molecule has 0 saturated carbocycles. The van der Waals surface area contributed by atoms with Gasteiger partial charge in [-0.1, -0.05) is 206 Å². The summed E-state index contributed by atoms with van der Waals surface area (Å²) in [5.74, 6) is -0.826. The van der Waals surface area contributed by atoms with Gasteiger partial charge in [-0.3, -0.25) is 9.59 Å². The Hall–Kier alpha value is -0.950. The fourth-order valence-corrected chi connectivity index (χ4v) is 7.14. The molecule has 0 spiro atoms. The second-order valence-corrected chi connectivity index (χ2v) is 15.9. The average Bonchev–Trinajstić information content (AvgIpc) is 3.09. The smallest absolute Gasteiger partial charge is 0.307 e. The second kappa shape index (κ2) is 39.8. The Bertz CT molecular complexity index is 730. The lowest BCUT2D eigenvalue weighted by atomic mass is 10.0. The van der Waals surface area contributed by atoms with Gasteiger partial charge in [-0.05, 0) is 19.3 Å². The van der Waals surface area contributed by atoms with E-state index in [9.17, 15) is 18.4 Å². The summed E-state index contributed by atoms with van der Waals surface area (Å²) in [6.45, 7) is 5.28. The molecule has 0 aliphatic rings. The van der Waals surface area contributed by atoms with Crippen LogP contribution in [-0.4, -0.2) is 39.2 Å². The van der Waals surface area contributed by atoms with Gasteiger partial charge in [0.05, 0.1) is 24.9 Å². The van der Waals surface area contributed by atoms with E-state index in [-0.39, 0.29) is 25.2 Å². The summed E-state index contributed by atoms with van der Waals surface area (Å²) in [4.78, 5) is 24.4. The second-order valence-electron chi connectivity index (χ2n) is 14.7. The average molecular weight is 715 g/mol. The SMILES string of the molecule is CCCCCCCCCCCCCCCCCCOC(=O)CCC(CC(=O)OCCCCCCCCCCCCCCCCCC)S(=O)O. The molecule has 0 amide bonds. The highest BCUT2D eigenvalue weighted by atomic mass is 32.2. The zero-order chi connectivity index (χ0) is 35.9. The maximum absolute atomic E-state index is 12.2. The molecule has 0 aliphatic carbocycles. The van der Waals surface area contributed by atoms with Gasteiger partial charge < -0.3 is 14.0 Å². The van der Waals surface area contributed by atoms with Crippen LogP contribution in [0.25, 0.3) is 0 Å². The topological polar surface area (TPSA) is 89.9 Å². The minimum atomic E-state index is -2.19. The summed E-state index contributed by atoms with van der Waals surface area (Å²) in [6.07, 6.45) is 41.5. The minimum Gasteiger partial charge on any atom is -0.466 e. The van der Waals surface area contributed by atoms with Crippen molar-refractivity contribution in [2.75, 3.05) is 13.2 Å². The number of esters is 2. The van der Waals surface area contributed by atoms with Crippen molar-refractivity contribution in [3.05, 3.63) is 0 Å². The molecule has 0 aromatic rings. The van der Waals surface area contributed by atoms with E-state index in [1.165, 1.54) is 173 Å². The number of hydrogen-bond acceptors (Lipinski definition) is 5. The van der Waals surface area contributed by atoms with Crippen LogP contribution < -0.4 is 0 Å². The molecule has 49 heavy (non-hydrogen) atoms. The molecule has 0 bridgehead atoms. The third kappa shape index (κ3) is 38.1. The van der Waals surface area contributed by atoms with Crippen molar-refractivity contribution in [2.45, 2.75) is 244 Å². The van der Waals surface area contributed by atoms with Gasteiger partial charge in [0.1, 0.15) is 0 Å². The van der Waals surface area contributed by atoms with Gasteiger partial charge in [-0.15, -0.1) is 0 Å². The predicted molar refractivity (Wildman–Crippen MR) is 209 cm³/mol. The Balaban J connectivity index is 3.58. The molecule has 1 N–H and O–H groups in total. The van der Waals surface area contributed by atoms with Crippen molar-refractivity contribution >= 4 is 23.0 Å². The van der Waals surface area contributed by atoms with E-state index in [1.807, 2.05) is 0 Å². The predicted octanol–water partition coefficient (Wildman–Crippen LogP) is 13.4. The monoisotopic (exact) mass is 715 g/mol. The maximum atomic E-state index is 12.2. The van der Waals surface area contributed by atoms with Crippen LogP contribution in [-0.2, 0) is 30.1 Å². The first-order chi connectivity index (χ1) is 24.0. The van der Waals surface area contributed by atoms with Crippen molar-refractivity contribution in [1.29, 1.82) is 0 Å². The molecule has 0 rings (SSSR count). The van der Waals surface area contributed by atoms with E-state index in [1.54, 1.807) is 0 Å². The quantitative estimate of drug-likeness (QED) is 0.0386. The summed E-state index contributed by atoms with van der Waals surface area (Å²) in [7, 11) is 0. The van der Waals surface area contributed by atoms with Gasteiger partial charge in [0, 0.05) is 6.42 Å². The lowest BCUT2D eigenvalue weighted by Crippen LogP contribution is -2.22. The molecule has 0 saturated heterocycles. The van der Waals surface area contributed by atoms with Crippen LogP contribution in [0, 0.1) is 0 Å². The molecule has 0 heterocycles. The van der Waals surface area contributed by atoms with E-state index in [2.05, 4.69) is 13.8 Å². The zero-order valence-corrected chi connectivity index (χ0v) is 33.5. The van der Waals surface area contributed by atoms with Crippen molar-refractivity contribution in [3.63, 3.8) is 0 Å². The zero-order valence-electron chi connectivity index (χ0n) is 32.6. The number of hydrogen-bond donors (Lipinski definition) is 1. The van der Waals surface area contributed by atoms with Crippen LogP contribution >= 0.6 is 0 Å². The molecule has 2 unspecified atom stereocenters.